The van der Waals surface area contributed by atoms with Crippen LogP contribution in [0.2, 0.25) is 0 Å². The Kier molecular flexibility index (Phi) is 6.10. The summed E-state index contributed by atoms with van der Waals surface area (Å²) in [6.45, 7) is 3.88. The number of hydrogen-bond acceptors (Lipinski definition) is 5. The lowest BCUT2D eigenvalue weighted by Gasteiger charge is -2.16. The predicted octanol–water partition coefficient (Wildman–Crippen LogP) is 4.48. The largest absolute Gasteiger partial charge is 0.496 e. The molecule has 0 bridgehead atoms. The molecule has 0 radical (unpaired) electrons. The SMILES string of the molecule is COc1ccc(Br)cc1-c1nc(CN[C@H]2CCN(Cc3ccccc3)C2)co1. The third-order valence-corrected chi connectivity index (χ3v) is 5.53. The highest BCUT2D eigenvalue weighted by Crippen LogP contribution is 2.32. The van der Waals surface area contributed by atoms with E-state index in [2.05, 4.69) is 61.5 Å². The summed E-state index contributed by atoms with van der Waals surface area (Å²) in [6, 6.07) is 16.9. The molecule has 0 saturated carbocycles. The fourth-order valence-electron chi connectivity index (χ4n) is 3.59. The molecule has 0 amide bonds. The van der Waals surface area contributed by atoms with Crippen molar-refractivity contribution in [3.8, 4) is 17.2 Å². The van der Waals surface area contributed by atoms with Crippen molar-refractivity contribution >= 4 is 15.9 Å². The van der Waals surface area contributed by atoms with Gasteiger partial charge in [-0.25, -0.2) is 4.98 Å². The van der Waals surface area contributed by atoms with Crippen LogP contribution in [0, 0.1) is 0 Å². The van der Waals surface area contributed by atoms with Gasteiger partial charge >= 0.3 is 0 Å². The molecule has 1 aliphatic heterocycles. The maximum Gasteiger partial charge on any atom is 0.229 e. The topological polar surface area (TPSA) is 50.5 Å². The van der Waals surface area contributed by atoms with Gasteiger partial charge in [0.2, 0.25) is 5.89 Å². The first-order chi connectivity index (χ1) is 13.7. The molecule has 28 heavy (non-hydrogen) atoms. The first kappa shape index (κ1) is 19.2. The Morgan fingerprint density at radius 1 is 1.25 bits per heavy atom. The summed E-state index contributed by atoms with van der Waals surface area (Å²) in [6.07, 6.45) is 2.87. The number of aromatic nitrogens is 1. The Bertz CT molecular complexity index is 913. The van der Waals surface area contributed by atoms with Crippen molar-refractivity contribution in [1.82, 2.24) is 15.2 Å². The van der Waals surface area contributed by atoms with Crippen molar-refractivity contribution in [2.45, 2.75) is 25.6 Å². The first-order valence-corrected chi connectivity index (χ1v) is 10.3. The zero-order chi connectivity index (χ0) is 19.3. The summed E-state index contributed by atoms with van der Waals surface area (Å²) in [7, 11) is 1.65. The zero-order valence-electron chi connectivity index (χ0n) is 15.9. The number of oxazole rings is 1. The van der Waals surface area contributed by atoms with Gasteiger partial charge in [0, 0.05) is 36.7 Å². The van der Waals surface area contributed by atoms with Crippen molar-refractivity contribution in [3.63, 3.8) is 0 Å². The minimum absolute atomic E-state index is 0.476. The highest BCUT2D eigenvalue weighted by molar-refractivity contribution is 9.10. The van der Waals surface area contributed by atoms with Gasteiger partial charge in [-0.2, -0.15) is 0 Å². The summed E-state index contributed by atoms with van der Waals surface area (Å²) < 4.78 is 12.1. The summed E-state index contributed by atoms with van der Waals surface area (Å²) in [4.78, 5) is 7.13. The summed E-state index contributed by atoms with van der Waals surface area (Å²) in [5.41, 5.74) is 3.11. The van der Waals surface area contributed by atoms with Crippen molar-refractivity contribution < 1.29 is 9.15 Å². The van der Waals surface area contributed by atoms with Crippen LogP contribution in [-0.2, 0) is 13.1 Å². The van der Waals surface area contributed by atoms with E-state index in [1.54, 1.807) is 13.4 Å². The van der Waals surface area contributed by atoms with E-state index >= 15 is 0 Å². The molecule has 1 fully saturated rings. The van der Waals surface area contributed by atoms with E-state index in [0.29, 0.717) is 18.5 Å². The molecule has 4 rings (SSSR count). The van der Waals surface area contributed by atoms with Crippen molar-refractivity contribution in [1.29, 1.82) is 0 Å². The minimum Gasteiger partial charge on any atom is -0.496 e. The molecule has 2 heterocycles. The first-order valence-electron chi connectivity index (χ1n) is 9.49. The number of likely N-dealkylation sites (tertiary alicyclic amines) is 1. The van der Waals surface area contributed by atoms with Gasteiger partial charge in [-0.1, -0.05) is 46.3 Å². The van der Waals surface area contributed by atoms with Crippen LogP contribution in [0.1, 0.15) is 17.7 Å². The second-order valence-corrected chi connectivity index (χ2v) is 7.99. The molecule has 1 atom stereocenters. The molecular formula is C22H24BrN3O2. The third-order valence-electron chi connectivity index (χ3n) is 5.04. The molecule has 3 aromatic rings. The normalized spacial score (nSPS) is 17.1. The molecule has 0 aliphatic carbocycles. The molecule has 0 unspecified atom stereocenters. The van der Waals surface area contributed by atoms with Crippen LogP contribution in [0.25, 0.3) is 11.5 Å². The van der Waals surface area contributed by atoms with Crippen LogP contribution >= 0.6 is 15.9 Å². The van der Waals surface area contributed by atoms with Gasteiger partial charge < -0.3 is 14.5 Å². The van der Waals surface area contributed by atoms with Crippen LogP contribution in [0.15, 0.2) is 63.7 Å². The average Bonchev–Trinajstić information content (AvgIpc) is 3.36. The van der Waals surface area contributed by atoms with E-state index < -0.39 is 0 Å². The van der Waals surface area contributed by atoms with E-state index in [1.807, 2.05) is 18.2 Å². The molecule has 146 valence electrons. The van der Waals surface area contributed by atoms with Crippen molar-refractivity contribution in [3.05, 3.63) is 70.5 Å². The standard InChI is InChI=1S/C22H24BrN3O2/c1-27-21-8-7-17(23)11-20(21)22-25-19(15-28-22)12-24-18-9-10-26(14-18)13-16-5-3-2-4-6-16/h2-8,11,15,18,24H,9-10,12-14H2,1H3/t18-/m0/s1. The highest BCUT2D eigenvalue weighted by Gasteiger charge is 2.22. The van der Waals surface area contributed by atoms with Crippen LogP contribution in [0.4, 0.5) is 0 Å². The maximum absolute atomic E-state index is 5.70. The maximum atomic E-state index is 5.70. The predicted molar refractivity (Wildman–Crippen MR) is 113 cm³/mol. The van der Waals surface area contributed by atoms with E-state index in [1.165, 1.54) is 5.56 Å². The Morgan fingerprint density at radius 3 is 2.93 bits per heavy atom. The molecule has 0 spiro atoms. The van der Waals surface area contributed by atoms with Crippen LogP contribution in [0.5, 0.6) is 5.75 Å². The van der Waals surface area contributed by atoms with E-state index in [4.69, 9.17) is 9.15 Å². The van der Waals surface area contributed by atoms with Gasteiger partial charge in [0.05, 0.1) is 18.4 Å². The van der Waals surface area contributed by atoms with E-state index in [9.17, 15) is 0 Å². The van der Waals surface area contributed by atoms with Gasteiger partial charge in [0.1, 0.15) is 12.0 Å². The van der Waals surface area contributed by atoms with Gasteiger partial charge in [-0.05, 0) is 30.2 Å². The molecular weight excluding hydrogens is 418 g/mol. The van der Waals surface area contributed by atoms with E-state index in [0.717, 1.165) is 47.5 Å². The van der Waals surface area contributed by atoms with Gasteiger partial charge in [0.15, 0.2) is 0 Å². The van der Waals surface area contributed by atoms with Crippen molar-refractivity contribution in [2.24, 2.45) is 0 Å². The lowest BCUT2D eigenvalue weighted by atomic mass is 10.2. The quantitative estimate of drug-likeness (QED) is 0.585. The molecule has 6 heteroatoms. The smallest absolute Gasteiger partial charge is 0.229 e. The average molecular weight is 442 g/mol. The number of ether oxygens (including phenoxy) is 1. The summed E-state index contributed by atoms with van der Waals surface area (Å²) >= 11 is 3.49. The fourth-order valence-corrected chi connectivity index (χ4v) is 3.95. The van der Waals surface area contributed by atoms with Gasteiger partial charge in [-0.3, -0.25) is 4.90 Å². The minimum atomic E-state index is 0.476. The number of benzene rings is 2. The number of nitrogens with zero attached hydrogens (tertiary/aromatic N) is 2. The Hall–Kier alpha value is -2.15. The second-order valence-electron chi connectivity index (χ2n) is 7.08. The molecule has 1 saturated heterocycles. The lowest BCUT2D eigenvalue weighted by molar-refractivity contribution is 0.319. The number of rotatable bonds is 7. The lowest BCUT2D eigenvalue weighted by Crippen LogP contribution is -2.32. The van der Waals surface area contributed by atoms with Crippen LogP contribution in [0.3, 0.4) is 0 Å². The number of nitrogens with one attached hydrogen (secondary N) is 1. The Balaban J connectivity index is 1.32. The Morgan fingerprint density at radius 2 is 2.11 bits per heavy atom. The molecule has 5 nitrogen and oxygen atoms in total. The monoisotopic (exact) mass is 441 g/mol. The summed E-state index contributed by atoms with van der Waals surface area (Å²) in [5.74, 6) is 1.32. The Labute approximate surface area is 173 Å². The van der Waals surface area contributed by atoms with Crippen LogP contribution in [-0.4, -0.2) is 36.1 Å². The highest BCUT2D eigenvalue weighted by atomic mass is 79.9. The number of methoxy groups -OCH3 is 1. The van der Waals surface area contributed by atoms with Crippen molar-refractivity contribution in [2.75, 3.05) is 20.2 Å². The van der Waals surface area contributed by atoms with E-state index in [-0.39, 0.29) is 0 Å². The molecule has 2 aromatic carbocycles. The summed E-state index contributed by atoms with van der Waals surface area (Å²) in [5, 5.41) is 3.61. The molecule has 1 aliphatic rings. The molecule has 1 aromatic heterocycles. The second kappa shape index (κ2) is 8.90. The zero-order valence-corrected chi connectivity index (χ0v) is 17.5. The third kappa shape index (κ3) is 4.63. The number of hydrogen-bond donors (Lipinski definition) is 1. The van der Waals surface area contributed by atoms with Crippen LogP contribution < -0.4 is 10.1 Å². The van der Waals surface area contributed by atoms with Gasteiger partial charge in [-0.15, -0.1) is 0 Å². The molecule has 1 N–H and O–H groups in total. The fraction of sp³-hybridized carbons (Fsp3) is 0.318. The van der Waals surface area contributed by atoms with Gasteiger partial charge in [0.25, 0.3) is 0 Å². The number of halogens is 1.